The van der Waals surface area contributed by atoms with E-state index in [9.17, 15) is 4.79 Å². The highest BCUT2D eigenvalue weighted by atomic mass is 35.5. The lowest BCUT2D eigenvalue weighted by molar-refractivity contribution is -0.130. The molecule has 1 amide bonds. The fourth-order valence-corrected chi connectivity index (χ4v) is 2.13. The number of carbonyl (C=O) groups is 1. The third-order valence-corrected chi connectivity index (χ3v) is 3.84. The lowest BCUT2D eigenvalue weighted by Crippen LogP contribution is -2.41. The first-order valence-corrected chi connectivity index (χ1v) is 7.49. The Morgan fingerprint density at radius 1 is 1.53 bits per heavy atom. The minimum Gasteiger partial charge on any atom is -0.342 e. The Kier molecular flexibility index (Phi) is 9.10. The van der Waals surface area contributed by atoms with Gasteiger partial charge in [-0.2, -0.15) is 11.8 Å². The van der Waals surface area contributed by atoms with E-state index in [4.69, 9.17) is 0 Å². The molecule has 1 fully saturated rings. The van der Waals surface area contributed by atoms with E-state index in [1.165, 1.54) is 12.8 Å². The Bertz CT molecular complexity index is 225. The summed E-state index contributed by atoms with van der Waals surface area (Å²) < 4.78 is 0. The largest absolute Gasteiger partial charge is 0.342 e. The molecule has 1 N–H and O–H groups in total. The molecule has 5 heteroatoms. The molecule has 17 heavy (non-hydrogen) atoms. The van der Waals surface area contributed by atoms with E-state index in [0.29, 0.717) is 12.6 Å². The number of amides is 1. The number of hydrogen-bond acceptors (Lipinski definition) is 3. The Morgan fingerprint density at radius 2 is 2.18 bits per heavy atom. The molecule has 1 rings (SSSR count). The molecule has 0 aromatic rings. The first kappa shape index (κ1) is 17.1. The fourth-order valence-electron chi connectivity index (χ4n) is 1.56. The number of rotatable bonds is 8. The minimum atomic E-state index is 0. The summed E-state index contributed by atoms with van der Waals surface area (Å²) in [6.45, 7) is 3.63. The first-order chi connectivity index (χ1) is 7.65. The van der Waals surface area contributed by atoms with E-state index < -0.39 is 0 Å². The molecule has 102 valence electrons. The van der Waals surface area contributed by atoms with Crippen LogP contribution in [-0.2, 0) is 4.79 Å². The van der Waals surface area contributed by atoms with E-state index >= 15 is 0 Å². The van der Waals surface area contributed by atoms with Crippen molar-refractivity contribution in [3.8, 4) is 0 Å². The van der Waals surface area contributed by atoms with Gasteiger partial charge < -0.3 is 10.2 Å². The maximum Gasteiger partial charge on any atom is 0.236 e. The molecule has 1 saturated carbocycles. The highest BCUT2D eigenvalue weighted by molar-refractivity contribution is 7.98. The number of halogens is 1. The van der Waals surface area contributed by atoms with Crippen molar-refractivity contribution in [3.63, 3.8) is 0 Å². The minimum absolute atomic E-state index is 0. The predicted molar refractivity (Wildman–Crippen MR) is 78.1 cm³/mol. The van der Waals surface area contributed by atoms with E-state index in [1.807, 2.05) is 23.7 Å². The molecule has 1 aliphatic rings. The molecule has 0 saturated heterocycles. The third-order valence-electron chi connectivity index (χ3n) is 3.20. The topological polar surface area (TPSA) is 32.3 Å². The van der Waals surface area contributed by atoms with Gasteiger partial charge in [0.2, 0.25) is 5.91 Å². The number of carbonyl (C=O) groups excluding carboxylic acids is 1. The van der Waals surface area contributed by atoms with Crippen molar-refractivity contribution >= 4 is 30.1 Å². The molecule has 0 aromatic heterocycles. The Hall–Kier alpha value is 0.0700. The molecular formula is C12H25ClN2OS. The SMILES string of the molecule is CSCCC(C)N(C)C(=O)CNCC1CC1.Cl. The number of hydrogen-bond donors (Lipinski definition) is 1. The lowest BCUT2D eigenvalue weighted by Gasteiger charge is -2.25. The van der Waals surface area contributed by atoms with Gasteiger partial charge >= 0.3 is 0 Å². The molecule has 0 heterocycles. The smallest absolute Gasteiger partial charge is 0.236 e. The average molecular weight is 281 g/mol. The summed E-state index contributed by atoms with van der Waals surface area (Å²) in [6.07, 6.45) is 5.85. The van der Waals surface area contributed by atoms with Crippen LogP contribution in [0.15, 0.2) is 0 Å². The number of nitrogens with zero attached hydrogens (tertiary/aromatic N) is 1. The van der Waals surface area contributed by atoms with Gasteiger partial charge in [-0.15, -0.1) is 12.4 Å². The van der Waals surface area contributed by atoms with Crippen LogP contribution in [0.25, 0.3) is 0 Å². The quantitative estimate of drug-likeness (QED) is 0.738. The van der Waals surface area contributed by atoms with Crippen molar-refractivity contribution in [2.75, 3.05) is 32.1 Å². The summed E-state index contributed by atoms with van der Waals surface area (Å²) >= 11 is 1.84. The Morgan fingerprint density at radius 3 is 2.71 bits per heavy atom. The molecule has 1 atom stereocenters. The molecule has 0 aromatic carbocycles. The molecule has 0 aliphatic heterocycles. The molecule has 1 unspecified atom stereocenters. The van der Waals surface area contributed by atoms with Crippen LogP contribution in [0, 0.1) is 5.92 Å². The van der Waals surface area contributed by atoms with Crippen LogP contribution in [0.2, 0.25) is 0 Å². The second-order valence-corrected chi connectivity index (χ2v) is 5.70. The molecule has 3 nitrogen and oxygen atoms in total. The van der Waals surface area contributed by atoms with Crippen LogP contribution in [0.3, 0.4) is 0 Å². The van der Waals surface area contributed by atoms with Crippen LogP contribution in [0.1, 0.15) is 26.2 Å². The maximum absolute atomic E-state index is 11.8. The summed E-state index contributed by atoms with van der Waals surface area (Å²) in [5.41, 5.74) is 0. The highest BCUT2D eigenvalue weighted by Crippen LogP contribution is 2.27. The van der Waals surface area contributed by atoms with Gasteiger partial charge in [0.05, 0.1) is 6.54 Å². The van der Waals surface area contributed by atoms with Gasteiger partial charge in [0.25, 0.3) is 0 Å². The van der Waals surface area contributed by atoms with Gasteiger partial charge in [0, 0.05) is 13.1 Å². The maximum atomic E-state index is 11.8. The van der Waals surface area contributed by atoms with E-state index in [2.05, 4.69) is 18.5 Å². The van der Waals surface area contributed by atoms with Crippen LogP contribution in [0.4, 0.5) is 0 Å². The van der Waals surface area contributed by atoms with E-state index in [-0.39, 0.29) is 18.3 Å². The molecule has 0 spiro atoms. The van der Waals surface area contributed by atoms with E-state index in [0.717, 1.165) is 24.6 Å². The second-order valence-electron chi connectivity index (χ2n) is 4.71. The highest BCUT2D eigenvalue weighted by Gasteiger charge is 2.21. The Labute approximate surface area is 115 Å². The normalized spacial score (nSPS) is 16.2. The zero-order valence-corrected chi connectivity index (χ0v) is 12.7. The van der Waals surface area contributed by atoms with Gasteiger partial charge in [0.15, 0.2) is 0 Å². The molecular weight excluding hydrogens is 256 g/mol. The average Bonchev–Trinajstić information content (AvgIpc) is 3.08. The van der Waals surface area contributed by atoms with Gasteiger partial charge in [0.1, 0.15) is 0 Å². The lowest BCUT2D eigenvalue weighted by atomic mass is 10.2. The summed E-state index contributed by atoms with van der Waals surface area (Å²) in [5, 5.41) is 3.24. The van der Waals surface area contributed by atoms with Crippen molar-refractivity contribution < 1.29 is 4.79 Å². The zero-order valence-electron chi connectivity index (χ0n) is 11.1. The van der Waals surface area contributed by atoms with Gasteiger partial charge in [-0.05, 0) is 50.7 Å². The van der Waals surface area contributed by atoms with Crippen molar-refractivity contribution in [1.29, 1.82) is 0 Å². The first-order valence-electron chi connectivity index (χ1n) is 6.10. The van der Waals surface area contributed by atoms with Gasteiger partial charge in [-0.3, -0.25) is 4.79 Å². The zero-order chi connectivity index (χ0) is 12.0. The summed E-state index contributed by atoms with van der Waals surface area (Å²) in [7, 11) is 1.91. The van der Waals surface area contributed by atoms with Crippen LogP contribution < -0.4 is 5.32 Å². The van der Waals surface area contributed by atoms with E-state index in [1.54, 1.807) is 0 Å². The standard InChI is InChI=1S/C12H24N2OS.ClH/c1-10(6-7-16-3)14(2)12(15)9-13-8-11-4-5-11;/h10-11,13H,4-9H2,1-3H3;1H. The predicted octanol–water partition coefficient (Wildman–Crippen LogP) is 2.01. The molecule has 1 aliphatic carbocycles. The number of likely N-dealkylation sites (N-methyl/N-ethyl adjacent to an activating group) is 1. The van der Waals surface area contributed by atoms with Crippen molar-refractivity contribution in [1.82, 2.24) is 10.2 Å². The van der Waals surface area contributed by atoms with Crippen LogP contribution in [0.5, 0.6) is 0 Å². The summed E-state index contributed by atoms with van der Waals surface area (Å²) in [4.78, 5) is 13.7. The number of thioether (sulfide) groups is 1. The summed E-state index contributed by atoms with van der Waals surface area (Å²) in [6, 6.07) is 0.350. The Balaban J connectivity index is 0.00000256. The van der Waals surface area contributed by atoms with Crippen molar-refractivity contribution in [3.05, 3.63) is 0 Å². The third kappa shape index (κ3) is 7.17. The molecule has 0 bridgehead atoms. The number of nitrogens with one attached hydrogen (secondary N) is 1. The monoisotopic (exact) mass is 280 g/mol. The molecule has 0 radical (unpaired) electrons. The fraction of sp³-hybridized carbons (Fsp3) is 0.917. The van der Waals surface area contributed by atoms with Crippen LogP contribution in [-0.4, -0.2) is 49.0 Å². The van der Waals surface area contributed by atoms with Gasteiger partial charge in [-0.25, -0.2) is 0 Å². The van der Waals surface area contributed by atoms with Gasteiger partial charge in [-0.1, -0.05) is 0 Å². The van der Waals surface area contributed by atoms with Crippen molar-refractivity contribution in [2.24, 2.45) is 5.92 Å². The second kappa shape index (κ2) is 9.06. The van der Waals surface area contributed by atoms with Crippen LogP contribution >= 0.6 is 24.2 Å². The summed E-state index contributed by atoms with van der Waals surface area (Å²) in [5.74, 6) is 2.18. The van der Waals surface area contributed by atoms with Crippen molar-refractivity contribution in [2.45, 2.75) is 32.2 Å².